The van der Waals surface area contributed by atoms with Gasteiger partial charge in [0.1, 0.15) is 6.04 Å². The largest absolute Gasteiger partial charge is 0.324 e. The second kappa shape index (κ2) is 5.34. The van der Waals surface area contributed by atoms with Crippen molar-refractivity contribution in [2.75, 3.05) is 5.32 Å². The summed E-state index contributed by atoms with van der Waals surface area (Å²) in [6.07, 6.45) is 5.04. The molecule has 3 rings (SSSR count). The smallest absolute Gasteiger partial charge is 0.246 e. The summed E-state index contributed by atoms with van der Waals surface area (Å²) in [7, 11) is 1.78. The number of pyridine rings is 1. The molecule has 1 unspecified atom stereocenters. The van der Waals surface area contributed by atoms with Crippen molar-refractivity contribution < 1.29 is 4.79 Å². The fourth-order valence-electron chi connectivity index (χ4n) is 2.17. The molecule has 0 aliphatic rings. The predicted octanol–water partition coefficient (Wildman–Crippen LogP) is 1.61. The number of nitrogens with two attached hydrogens (primary N) is 1. The third-order valence-electron chi connectivity index (χ3n) is 3.27. The minimum atomic E-state index is -0.759. The molecule has 2 heterocycles. The van der Waals surface area contributed by atoms with Gasteiger partial charge in [-0.2, -0.15) is 5.10 Å². The summed E-state index contributed by atoms with van der Waals surface area (Å²) in [6, 6.07) is 8.56. The molecule has 0 saturated heterocycles. The lowest BCUT2D eigenvalue weighted by Gasteiger charge is -2.12. The average molecular weight is 281 g/mol. The molecule has 6 nitrogen and oxygen atoms in total. The number of carbonyl (C=O) groups is 1. The van der Waals surface area contributed by atoms with Crippen molar-refractivity contribution in [2.45, 2.75) is 6.04 Å². The summed E-state index contributed by atoms with van der Waals surface area (Å²) >= 11 is 0. The summed E-state index contributed by atoms with van der Waals surface area (Å²) in [4.78, 5) is 16.5. The molecule has 1 aromatic carbocycles. The fourth-order valence-corrected chi connectivity index (χ4v) is 2.17. The van der Waals surface area contributed by atoms with Gasteiger partial charge in [0.25, 0.3) is 0 Å². The van der Waals surface area contributed by atoms with E-state index in [1.807, 2.05) is 30.3 Å². The van der Waals surface area contributed by atoms with Crippen LogP contribution in [0, 0.1) is 0 Å². The average Bonchev–Trinajstić information content (AvgIpc) is 2.93. The van der Waals surface area contributed by atoms with E-state index in [0.717, 1.165) is 10.9 Å². The second-order valence-corrected chi connectivity index (χ2v) is 4.79. The highest BCUT2D eigenvalue weighted by molar-refractivity contribution is 6.03. The van der Waals surface area contributed by atoms with Crippen LogP contribution in [0.5, 0.6) is 0 Å². The Kier molecular flexibility index (Phi) is 3.37. The number of aromatic nitrogens is 3. The maximum absolute atomic E-state index is 12.3. The van der Waals surface area contributed by atoms with Gasteiger partial charge >= 0.3 is 0 Å². The lowest BCUT2D eigenvalue weighted by molar-refractivity contribution is -0.117. The Morgan fingerprint density at radius 2 is 2.19 bits per heavy atom. The molecule has 1 amide bonds. The first kappa shape index (κ1) is 13.3. The van der Waals surface area contributed by atoms with Crippen molar-refractivity contribution in [1.29, 1.82) is 0 Å². The molecule has 2 aromatic heterocycles. The summed E-state index contributed by atoms with van der Waals surface area (Å²) < 4.78 is 1.62. The third-order valence-corrected chi connectivity index (χ3v) is 3.27. The van der Waals surface area contributed by atoms with Crippen LogP contribution in [0.2, 0.25) is 0 Å². The van der Waals surface area contributed by atoms with Crippen molar-refractivity contribution in [3.05, 3.63) is 54.5 Å². The lowest BCUT2D eigenvalue weighted by atomic mass is 10.1. The Balaban J connectivity index is 1.86. The van der Waals surface area contributed by atoms with Crippen LogP contribution in [0.4, 0.5) is 5.69 Å². The molecule has 0 bridgehead atoms. The fraction of sp³-hybridized carbons (Fsp3) is 0.133. The number of anilines is 1. The Labute approximate surface area is 121 Å². The Morgan fingerprint density at radius 3 is 2.95 bits per heavy atom. The van der Waals surface area contributed by atoms with Gasteiger partial charge < -0.3 is 11.1 Å². The van der Waals surface area contributed by atoms with E-state index < -0.39 is 6.04 Å². The third kappa shape index (κ3) is 2.61. The maximum atomic E-state index is 12.3. The molecular formula is C15H15N5O. The molecule has 0 aliphatic heterocycles. The molecule has 0 radical (unpaired) electrons. The van der Waals surface area contributed by atoms with Crippen molar-refractivity contribution in [2.24, 2.45) is 12.8 Å². The molecule has 21 heavy (non-hydrogen) atoms. The molecule has 0 spiro atoms. The zero-order valence-electron chi connectivity index (χ0n) is 11.5. The number of aryl methyl sites for hydroxylation is 1. The number of nitrogens with one attached hydrogen (secondary N) is 1. The van der Waals surface area contributed by atoms with Gasteiger partial charge in [0.05, 0.1) is 17.4 Å². The highest BCUT2D eigenvalue weighted by atomic mass is 16.2. The van der Waals surface area contributed by atoms with Crippen molar-refractivity contribution in [3.63, 3.8) is 0 Å². The first-order valence-corrected chi connectivity index (χ1v) is 6.54. The van der Waals surface area contributed by atoms with Crippen LogP contribution in [0.3, 0.4) is 0 Å². The van der Waals surface area contributed by atoms with E-state index in [1.165, 1.54) is 0 Å². The van der Waals surface area contributed by atoms with E-state index in [4.69, 9.17) is 5.73 Å². The zero-order valence-corrected chi connectivity index (χ0v) is 11.5. The topological polar surface area (TPSA) is 85.8 Å². The molecule has 0 aliphatic carbocycles. The van der Waals surface area contributed by atoms with Gasteiger partial charge in [-0.1, -0.05) is 6.07 Å². The van der Waals surface area contributed by atoms with Crippen LogP contribution in [0.15, 0.2) is 48.9 Å². The van der Waals surface area contributed by atoms with Gasteiger partial charge in [0, 0.05) is 30.4 Å². The molecule has 0 saturated carbocycles. The van der Waals surface area contributed by atoms with Gasteiger partial charge in [-0.15, -0.1) is 0 Å². The summed E-state index contributed by atoms with van der Waals surface area (Å²) in [6.45, 7) is 0. The molecule has 1 atom stereocenters. The standard InChI is InChI=1S/C15H15N5O/c1-20-9-10(8-18-20)14(16)15(21)19-13-6-2-5-12-11(13)4-3-7-17-12/h2-9,14H,16H2,1H3,(H,19,21). The van der Waals surface area contributed by atoms with Gasteiger partial charge in [-0.05, 0) is 24.3 Å². The van der Waals surface area contributed by atoms with Crippen LogP contribution in [-0.2, 0) is 11.8 Å². The van der Waals surface area contributed by atoms with E-state index in [1.54, 1.807) is 30.3 Å². The quantitative estimate of drug-likeness (QED) is 0.763. The lowest BCUT2D eigenvalue weighted by Crippen LogP contribution is -2.27. The highest BCUT2D eigenvalue weighted by Gasteiger charge is 2.18. The predicted molar refractivity (Wildman–Crippen MR) is 80.5 cm³/mol. The zero-order chi connectivity index (χ0) is 14.8. The number of rotatable bonds is 3. The first-order chi connectivity index (χ1) is 10.1. The van der Waals surface area contributed by atoms with E-state index in [0.29, 0.717) is 11.3 Å². The normalized spacial score (nSPS) is 12.3. The monoisotopic (exact) mass is 281 g/mol. The number of fused-ring (bicyclic) bond motifs is 1. The van der Waals surface area contributed by atoms with Crippen molar-refractivity contribution in [1.82, 2.24) is 14.8 Å². The first-order valence-electron chi connectivity index (χ1n) is 6.54. The molecule has 6 heteroatoms. The second-order valence-electron chi connectivity index (χ2n) is 4.79. The van der Waals surface area contributed by atoms with Crippen LogP contribution < -0.4 is 11.1 Å². The summed E-state index contributed by atoms with van der Waals surface area (Å²) in [5.74, 6) is -0.278. The van der Waals surface area contributed by atoms with Gasteiger partial charge in [0.15, 0.2) is 0 Å². The van der Waals surface area contributed by atoms with Gasteiger partial charge in [0.2, 0.25) is 5.91 Å². The number of amides is 1. The van der Waals surface area contributed by atoms with E-state index in [-0.39, 0.29) is 5.91 Å². The summed E-state index contributed by atoms with van der Waals surface area (Å²) in [5, 5.41) is 7.76. The number of hydrogen-bond acceptors (Lipinski definition) is 4. The number of nitrogens with zero attached hydrogens (tertiary/aromatic N) is 3. The van der Waals surface area contributed by atoms with E-state index in [2.05, 4.69) is 15.4 Å². The molecule has 3 N–H and O–H groups in total. The van der Waals surface area contributed by atoms with Crippen molar-refractivity contribution >= 4 is 22.5 Å². The molecule has 106 valence electrons. The highest BCUT2D eigenvalue weighted by Crippen LogP contribution is 2.22. The van der Waals surface area contributed by atoms with Crippen LogP contribution in [0.25, 0.3) is 10.9 Å². The summed E-state index contributed by atoms with van der Waals surface area (Å²) in [5.41, 5.74) is 8.16. The minimum absolute atomic E-state index is 0.278. The number of hydrogen-bond donors (Lipinski definition) is 2. The molecular weight excluding hydrogens is 266 g/mol. The van der Waals surface area contributed by atoms with E-state index in [9.17, 15) is 4.79 Å². The Bertz CT molecular complexity index is 790. The Morgan fingerprint density at radius 1 is 1.33 bits per heavy atom. The SMILES string of the molecule is Cn1cc(C(N)C(=O)Nc2cccc3ncccc23)cn1. The molecule has 3 aromatic rings. The van der Waals surface area contributed by atoms with Crippen LogP contribution in [-0.4, -0.2) is 20.7 Å². The number of carbonyl (C=O) groups excluding carboxylic acids is 1. The van der Waals surface area contributed by atoms with Crippen LogP contribution >= 0.6 is 0 Å². The van der Waals surface area contributed by atoms with E-state index >= 15 is 0 Å². The van der Waals surface area contributed by atoms with Crippen molar-refractivity contribution in [3.8, 4) is 0 Å². The van der Waals surface area contributed by atoms with Crippen LogP contribution in [0.1, 0.15) is 11.6 Å². The van der Waals surface area contributed by atoms with Gasteiger partial charge in [-0.3, -0.25) is 14.5 Å². The maximum Gasteiger partial charge on any atom is 0.246 e. The van der Waals surface area contributed by atoms with Gasteiger partial charge in [-0.25, -0.2) is 0 Å². The Hall–Kier alpha value is -2.73. The minimum Gasteiger partial charge on any atom is -0.324 e. The number of benzene rings is 1. The molecule has 0 fully saturated rings.